The predicted molar refractivity (Wildman–Crippen MR) is 83.3 cm³/mol. The van der Waals surface area contributed by atoms with E-state index in [1.165, 1.54) is 0 Å². The summed E-state index contributed by atoms with van der Waals surface area (Å²) in [7, 11) is 0. The van der Waals surface area contributed by atoms with Crippen LogP contribution in [-0.4, -0.2) is 16.1 Å². The molecule has 0 saturated carbocycles. The molecular weight excluding hydrogens is 278 g/mol. The average molecular weight is 289 g/mol. The number of hydrogen-bond donors (Lipinski definition) is 1. The normalized spacial score (nSPS) is 11.1. The molecule has 0 bridgehead atoms. The van der Waals surface area contributed by atoms with Gasteiger partial charge in [0.05, 0.1) is 11.7 Å². The molecule has 5 nitrogen and oxygen atoms in total. The molecule has 0 aliphatic carbocycles. The summed E-state index contributed by atoms with van der Waals surface area (Å²) in [6.45, 7) is 0. The standard InChI is InChI=1S/C17H11N3O2/c18-17(21)11-5-6-14-12(7-11)13(9-19-20-14)16-8-10-3-1-2-4-15(10)22-16/h1-9H,(H2,18,21). The van der Waals surface area contributed by atoms with Crippen molar-refractivity contribution in [3.63, 3.8) is 0 Å². The molecule has 0 aliphatic rings. The number of carbonyl (C=O) groups excluding carboxylic acids is 1. The zero-order valence-corrected chi connectivity index (χ0v) is 11.5. The monoisotopic (exact) mass is 289 g/mol. The van der Waals surface area contributed by atoms with Crippen molar-refractivity contribution < 1.29 is 9.21 Å². The molecule has 5 heteroatoms. The van der Waals surface area contributed by atoms with Crippen molar-refractivity contribution in [2.24, 2.45) is 5.73 Å². The van der Waals surface area contributed by atoms with Gasteiger partial charge in [-0.15, -0.1) is 0 Å². The number of nitrogens with zero attached hydrogens (tertiary/aromatic N) is 2. The van der Waals surface area contributed by atoms with Gasteiger partial charge in [0, 0.05) is 21.9 Å². The summed E-state index contributed by atoms with van der Waals surface area (Å²) < 4.78 is 5.88. The molecule has 0 unspecified atom stereocenters. The first-order valence-electron chi connectivity index (χ1n) is 6.76. The Morgan fingerprint density at radius 1 is 1.09 bits per heavy atom. The highest BCUT2D eigenvalue weighted by molar-refractivity contribution is 6.01. The van der Waals surface area contributed by atoms with Gasteiger partial charge in [0.1, 0.15) is 11.3 Å². The molecule has 4 aromatic rings. The van der Waals surface area contributed by atoms with Gasteiger partial charge in [0.2, 0.25) is 5.91 Å². The molecule has 2 aromatic carbocycles. The van der Waals surface area contributed by atoms with E-state index >= 15 is 0 Å². The van der Waals surface area contributed by atoms with E-state index in [2.05, 4.69) is 10.2 Å². The minimum Gasteiger partial charge on any atom is -0.456 e. The fourth-order valence-corrected chi connectivity index (χ4v) is 2.52. The first-order valence-corrected chi connectivity index (χ1v) is 6.76. The van der Waals surface area contributed by atoms with E-state index in [0.717, 1.165) is 21.9 Å². The average Bonchev–Trinajstić information content (AvgIpc) is 2.97. The Labute approximate surface area is 125 Å². The molecule has 1 amide bonds. The van der Waals surface area contributed by atoms with Crippen LogP contribution in [0, 0.1) is 0 Å². The van der Waals surface area contributed by atoms with E-state index in [0.29, 0.717) is 16.8 Å². The molecular formula is C17H11N3O2. The topological polar surface area (TPSA) is 82.0 Å². The number of aromatic nitrogens is 2. The van der Waals surface area contributed by atoms with Crippen LogP contribution < -0.4 is 5.73 Å². The molecule has 4 rings (SSSR count). The number of fused-ring (bicyclic) bond motifs is 2. The SMILES string of the molecule is NC(=O)c1ccc2nncc(-c3cc4ccccc4o3)c2c1. The third-order valence-electron chi connectivity index (χ3n) is 3.61. The lowest BCUT2D eigenvalue weighted by atomic mass is 10.1. The lowest BCUT2D eigenvalue weighted by Crippen LogP contribution is -2.10. The summed E-state index contributed by atoms with van der Waals surface area (Å²) in [5.41, 5.74) is 8.05. The molecule has 0 radical (unpaired) electrons. The third-order valence-corrected chi connectivity index (χ3v) is 3.61. The lowest BCUT2D eigenvalue weighted by Gasteiger charge is -2.03. The van der Waals surface area contributed by atoms with Crippen molar-refractivity contribution in [3.05, 3.63) is 60.3 Å². The van der Waals surface area contributed by atoms with Gasteiger partial charge in [-0.05, 0) is 30.3 Å². The second-order valence-corrected chi connectivity index (χ2v) is 5.00. The van der Waals surface area contributed by atoms with Crippen molar-refractivity contribution in [3.8, 4) is 11.3 Å². The summed E-state index contributed by atoms with van der Waals surface area (Å²) in [5, 5.41) is 9.88. The minimum atomic E-state index is -0.478. The second-order valence-electron chi connectivity index (χ2n) is 5.00. The summed E-state index contributed by atoms with van der Waals surface area (Å²) in [6, 6.07) is 14.8. The maximum absolute atomic E-state index is 11.4. The fourth-order valence-electron chi connectivity index (χ4n) is 2.52. The molecule has 0 atom stereocenters. The van der Waals surface area contributed by atoms with Crippen LogP contribution in [0.15, 0.2) is 59.1 Å². The number of hydrogen-bond acceptors (Lipinski definition) is 4. The Balaban J connectivity index is 2.00. The quantitative estimate of drug-likeness (QED) is 0.614. The van der Waals surface area contributed by atoms with Gasteiger partial charge in [0.25, 0.3) is 0 Å². The van der Waals surface area contributed by atoms with Gasteiger partial charge < -0.3 is 10.2 Å². The molecule has 0 saturated heterocycles. The van der Waals surface area contributed by atoms with Crippen LogP contribution >= 0.6 is 0 Å². The molecule has 22 heavy (non-hydrogen) atoms. The van der Waals surface area contributed by atoms with Crippen LogP contribution in [0.5, 0.6) is 0 Å². The van der Waals surface area contributed by atoms with Crippen molar-refractivity contribution in [1.82, 2.24) is 10.2 Å². The predicted octanol–water partition coefficient (Wildman–Crippen LogP) is 3.14. The van der Waals surface area contributed by atoms with Crippen LogP contribution in [0.3, 0.4) is 0 Å². The van der Waals surface area contributed by atoms with Crippen LogP contribution in [0.1, 0.15) is 10.4 Å². The van der Waals surface area contributed by atoms with Gasteiger partial charge in [-0.25, -0.2) is 0 Å². The van der Waals surface area contributed by atoms with Crippen molar-refractivity contribution in [2.45, 2.75) is 0 Å². The van der Waals surface area contributed by atoms with E-state index in [-0.39, 0.29) is 0 Å². The maximum atomic E-state index is 11.4. The molecule has 0 spiro atoms. The van der Waals surface area contributed by atoms with Gasteiger partial charge in [-0.3, -0.25) is 4.79 Å². The minimum absolute atomic E-state index is 0.429. The molecule has 2 heterocycles. The van der Waals surface area contributed by atoms with E-state index in [1.54, 1.807) is 24.4 Å². The lowest BCUT2D eigenvalue weighted by molar-refractivity contribution is 0.100. The summed E-state index contributed by atoms with van der Waals surface area (Å²) in [6.07, 6.45) is 1.63. The van der Waals surface area contributed by atoms with E-state index in [1.807, 2.05) is 30.3 Å². The van der Waals surface area contributed by atoms with Crippen LogP contribution in [0.2, 0.25) is 0 Å². The number of benzene rings is 2. The first-order chi connectivity index (χ1) is 10.7. The van der Waals surface area contributed by atoms with Gasteiger partial charge in [-0.2, -0.15) is 10.2 Å². The second kappa shape index (κ2) is 4.66. The Hall–Kier alpha value is -3.21. The highest BCUT2D eigenvalue weighted by Crippen LogP contribution is 2.31. The summed E-state index contributed by atoms with van der Waals surface area (Å²) in [4.78, 5) is 11.4. The van der Waals surface area contributed by atoms with Crippen LogP contribution in [0.4, 0.5) is 0 Å². The molecule has 0 aliphatic heterocycles. The maximum Gasteiger partial charge on any atom is 0.248 e. The first kappa shape index (κ1) is 12.5. The van der Waals surface area contributed by atoms with Crippen LogP contribution in [0.25, 0.3) is 33.2 Å². The van der Waals surface area contributed by atoms with Gasteiger partial charge in [-0.1, -0.05) is 18.2 Å². The smallest absolute Gasteiger partial charge is 0.248 e. The Kier molecular flexibility index (Phi) is 2.66. The summed E-state index contributed by atoms with van der Waals surface area (Å²) in [5.74, 6) is 0.206. The summed E-state index contributed by atoms with van der Waals surface area (Å²) >= 11 is 0. The highest BCUT2D eigenvalue weighted by atomic mass is 16.3. The number of carbonyl (C=O) groups is 1. The Bertz CT molecular complexity index is 988. The Morgan fingerprint density at radius 3 is 2.77 bits per heavy atom. The number of nitrogens with two attached hydrogens (primary N) is 1. The molecule has 2 N–H and O–H groups in total. The highest BCUT2D eigenvalue weighted by Gasteiger charge is 2.12. The van der Waals surface area contributed by atoms with Gasteiger partial charge >= 0.3 is 0 Å². The van der Waals surface area contributed by atoms with E-state index in [9.17, 15) is 4.79 Å². The number of rotatable bonds is 2. The number of primary amides is 1. The van der Waals surface area contributed by atoms with Crippen molar-refractivity contribution in [2.75, 3.05) is 0 Å². The zero-order valence-electron chi connectivity index (χ0n) is 11.5. The Morgan fingerprint density at radius 2 is 1.95 bits per heavy atom. The number of furan rings is 1. The van der Waals surface area contributed by atoms with Crippen LogP contribution in [-0.2, 0) is 0 Å². The van der Waals surface area contributed by atoms with E-state index < -0.39 is 5.91 Å². The largest absolute Gasteiger partial charge is 0.456 e. The van der Waals surface area contributed by atoms with Crippen molar-refractivity contribution >= 4 is 27.8 Å². The molecule has 0 fully saturated rings. The third kappa shape index (κ3) is 1.91. The van der Waals surface area contributed by atoms with E-state index in [4.69, 9.17) is 10.2 Å². The number of amides is 1. The molecule has 106 valence electrons. The zero-order chi connectivity index (χ0) is 15.1. The van der Waals surface area contributed by atoms with Crippen molar-refractivity contribution in [1.29, 1.82) is 0 Å². The number of para-hydroxylation sites is 1. The fraction of sp³-hybridized carbons (Fsp3) is 0. The molecule has 2 aromatic heterocycles. The van der Waals surface area contributed by atoms with Gasteiger partial charge in [0.15, 0.2) is 0 Å².